The van der Waals surface area contributed by atoms with Crippen LogP contribution in [-0.2, 0) is 26.5 Å². The van der Waals surface area contributed by atoms with E-state index in [9.17, 15) is 16.8 Å². The van der Waals surface area contributed by atoms with Crippen LogP contribution in [0.4, 0.5) is 5.69 Å². The van der Waals surface area contributed by atoms with Gasteiger partial charge in [-0.15, -0.1) is 0 Å². The Morgan fingerprint density at radius 1 is 0.690 bits per heavy atom. The predicted molar refractivity (Wildman–Crippen MR) is 160 cm³/mol. The summed E-state index contributed by atoms with van der Waals surface area (Å²) in [4.78, 5) is 2.27. The van der Waals surface area contributed by atoms with Crippen LogP contribution in [0, 0.1) is 0 Å². The largest absolute Gasteiger partial charge is 0.497 e. The van der Waals surface area contributed by atoms with Gasteiger partial charge in [0.25, 0.3) is 0 Å². The molecule has 1 fully saturated rings. The van der Waals surface area contributed by atoms with Crippen molar-refractivity contribution in [3.63, 3.8) is 0 Å². The van der Waals surface area contributed by atoms with Crippen LogP contribution < -0.4 is 23.8 Å². The molecule has 3 aromatic carbocycles. The third-order valence-corrected chi connectivity index (χ3v) is 11.1. The van der Waals surface area contributed by atoms with Gasteiger partial charge in [0.15, 0.2) is 11.5 Å². The second-order valence-electron chi connectivity index (χ2n) is 9.67. The van der Waals surface area contributed by atoms with Crippen molar-refractivity contribution in [2.75, 3.05) is 73.1 Å². The highest BCUT2D eigenvalue weighted by molar-refractivity contribution is 7.89. The fourth-order valence-electron chi connectivity index (χ4n) is 4.77. The summed E-state index contributed by atoms with van der Waals surface area (Å²) in [6.07, 6.45) is 0.476. The zero-order valence-electron chi connectivity index (χ0n) is 24.4. The molecule has 0 radical (unpaired) electrons. The van der Waals surface area contributed by atoms with Crippen molar-refractivity contribution in [2.24, 2.45) is 0 Å². The van der Waals surface area contributed by atoms with Gasteiger partial charge in [-0.2, -0.15) is 4.31 Å². The molecular formula is C29H37N3O8S2. The molecular weight excluding hydrogens is 582 g/mol. The maximum absolute atomic E-state index is 13.5. The lowest BCUT2D eigenvalue weighted by Crippen LogP contribution is -2.48. The van der Waals surface area contributed by atoms with E-state index in [0.29, 0.717) is 48.2 Å². The molecule has 3 aromatic rings. The van der Waals surface area contributed by atoms with Crippen molar-refractivity contribution in [3.8, 4) is 23.0 Å². The summed E-state index contributed by atoms with van der Waals surface area (Å²) in [6, 6.07) is 16.5. The molecule has 11 nitrogen and oxygen atoms in total. The zero-order valence-corrected chi connectivity index (χ0v) is 26.1. The summed E-state index contributed by atoms with van der Waals surface area (Å²) in [5, 5.41) is 0. The number of hydrogen-bond donors (Lipinski definition) is 0. The molecule has 0 amide bonds. The summed E-state index contributed by atoms with van der Waals surface area (Å²) in [7, 11) is 0.197. The van der Waals surface area contributed by atoms with Gasteiger partial charge in [-0.1, -0.05) is 6.07 Å². The number of nitrogens with zero attached hydrogens (tertiary/aromatic N) is 3. The van der Waals surface area contributed by atoms with Crippen LogP contribution in [0.3, 0.4) is 0 Å². The number of ether oxygens (including phenoxy) is 4. The Labute approximate surface area is 248 Å². The molecule has 0 atom stereocenters. The summed E-state index contributed by atoms with van der Waals surface area (Å²) < 4.78 is 77.5. The minimum Gasteiger partial charge on any atom is -0.497 e. The Balaban J connectivity index is 1.47. The van der Waals surface area contributed by atoms with Gasteiger partial charge in [0.2, 0.25) is 20.0 Å². The maximum atomic E-state index is 13.5. The van der Waals surface area contributed by atoms with E-state index in [1.165, 1.54) is 41.0 Å². The van der Waals surface area contributed by atoms with Crippen molar-refractivity contribution in [2.45, 2.75) is 16.2 Å². The Morgan fingerprint density at radius 2 is 1.29 bits per heavy atom. The number of likely N-dealkylation sites (N-methyl/N-ethyl adjacent to an activating group) is 1. The number of piperazine rings is 1. The third-order valence-electron chi connectivity index (χ3n) is 7.30. The van der Waals surface area contributed by atoms with Gasteiger partial charge in [0.1, 0.15) is 11.5 Å². The topological polar surface area (TPSA) is 115 Å². The number of benzene rings is 3. The second-order valence-corrected chi connectivity index (χ2v) is 13.6. The summed E-state index contributed by atoms with van der Waals surface area (Å²) in [5.41, 5.74) is 1.50. The summed E-state index contributed by atoms with van der Waals surface area (Å²) in [5.74, 6) is 2.27. The third kappa shape index (κ3) is 6.59. The first kappa shape index (κ1) is 31.4. The Kier molecular flexibility index (Phi) is 9.87. The monoisotopic (exact) mass is 619 g/mol. The lowest BCUT2D eigenvalue weighted by atomic mass is 10.1. The Morgan fingerprint density at radius 3 is 1.88 bits per heavy atom. The summed E-state index contributed by atoms with van der Waals surface area (Å²) >= 11 is 0. The first-order chi connectivity index (χ1) is 20.0. The fourth-order valence-corrected chi connectivity index (χ4v) is 7.38. The molecule has 1 heterocycles. The molecule has 0 saturated carbocycles. The molecule has 1 aliphatic rings. The van der Waals surface area contributed by atoms with E-state index >= 15 is 0 Å². The van der Waals surface area contributed by atoms with Gasteiger partial charge in [0.05, 0.1) is 43.9 Å². The first-order valence-electron chi connectivity index (χ1n) is 13.3. The van der Waals surface area contributed by atoms with Gasteiger partial charge in [-0.25, -0.2) is 21.1 Å². The van der Waals surface area contributed by atoms with E-state index < -0.39 is 20.0 Å². The molecule has 228 valence electrons. The zero-order chi connectivity index (χ0) is 30.5. The van der Waals surface area contributed by atoms with E-state index in [1.807, 2.05) is 17.0 Å². The van der Waals surface area contributed by atoms with Gasteiger partial charge in [-0.3, -0.25) is 0 Å². The highest BCUT2D eigenvalue weighted by Gasteiger charge is 2.30. The Hall–Kier alpha value is -3.52. The van der Waals surface area contributed by atoms with Crippen LogP contribution in [0.2, 0.25) is 0 Å². The maximum Gasteiger partial charge on any atom is 0.243 e. The molecule has 1 saturated heterocycles. The molecule has 1 aliphatic heterocycles. The molecule has 13 heteroatoms. The number of hydrogen-bond acceptors (Lipinski definition) is 9. The van der Waals surface area contributed by atoms with Gasteiger partial charge < -0.3 is 23.8 Å². The highest BCUT2D eigenvalue weighted by atomic mass is 32.2. The van der Waals surface area contributed by atoms with E-state index in [1.54, 1.807) is 51.6 Å². The number of anilines is 1. The van der Waals surface area contributed by atoms with Crippen LogP contribution in [0.15, 0.2) is 70.5 Å². The molecule has 0 spiro atoms. The Bertz CT molecular complexity index is 1590. The van der Waals surface area contributed by atoms with Crippen LogP contribution in [0.1, 0.15) is 5.56 Å². The minimum absolute atomic E-state index is 0.126. The van der Waals surface area contributed by atoms with Crippen molar-refractivity contribution in [1.82, 2.24) is 8.61 Å². The quantitative estimate of drug-likeness (QED) is 0.302. The van der Waals surface area contributed by atoms with E-state index in [-0.39, 0.29) is 29.4 Å². The van der Waals surface area contributed by atoms with Crippen LogP contribution in [0.25, 0.3) is 0 Å². The average molecular weight is 620 g/mol. The highest BCUT2D eigenvalue weighted by Crippen LogP contribution is 2.34. The number of sulfonamides is 2. The summed E-state index contributed by atoms with van der Waals surface area (Å²) in [6.45, 7) is 1.45. The number of methoxy groups -OCH3 is 4. The van der Waals surface area contributed by atoms with Crippen molar-refractivity contribution >= 4 is 25.7 Å². The lowest BCUT2D eigenvalue weighted by molar-refractivity contribution is 0.354. The normalized spacial score (nSPS) is 14.6. The van der Waals surface area contributed by atoms with Crippen LogP contribution >= 0.6 is 0 Å². The van der Waals surface area contributed by atoms with Crippen molar-refractivity contribution in [3.05, 3.63) is 66.2 Å². The van der Waals surface area contributed by atoms with Crippen LogP contribution in [-0.4, -0.2) is 93.7 Å². The van der Waals surface area contributed by atoms with Gasteiger partial charge in [-0.05, 0) is 66.6 Å². The second kappa shape index (κ2) is 13.2. The number of rotatable bonds is 12. The molecule has 0 N–H and O–H groups in total. The first-order valence-corrected chi connectivity index (χ1v) is 16.2. The molecule has 0 bridgehead atoms. The molecule has 42 heavy (non-hydrogen) atoms. The van der Waals surface area contributed by atoms with Crippen LogP contribution in [0.5, 0.6) is 23.0 Å². The smallest absolute Gasteiger partial charge is 0.243 e. The van der Waals surface area contributed by atoms with Gasteiger partial charge >= 0.3 is 0 Å². The molecule has 0 aromatic heterocycles. The molecule has 0 aliphatic carbocycles. The molecule has 0 unspecified atom stereocenters. The van der Waals surface area contributed by atoms with Gasteiger partial charge in [0, 0.05) is 39.8 Å². The van der Waals surface area contributed by atoms with E-state index in [2.05, 4.69) is 0 Å². The standard InChI is InChI=1S/C29H37N3O8S2/c1-30(15-14-22-6-12-28(39-4)29(20-22)40-5)41(33,34)25-11-13-27(38-3)26(21-25)31-16-18-32(19-17-31)42(35,36)24-9-7-23(37-2)8-10-24/h6-13,20-21H,14-19H2,1-5H3. The fraction of sp³-hybridized carbons (Fsp3) is 0.379. The predicted octanol–water partition coefficient (Wildman–Crippen LogP) is 3.10. The minimum atomic E-state index is -3.82. The van der Waals surface area contributed by atoms with E-state index in [0.717, 1.165) is 5.56 Å². The van der Waals surface area contributed by atoms with Crippen molar-refractivity contribution in [1.29, 1.82) is 0 Å². The lowest BCUT2D eigenvalue weighted by Gasteiger charge is -2.36. The van der Waals surface area contributed by atoms with Crippen molar-refractivity contribution < 1.29 is 35.8 Å². The average Bonchev–Trinajstić information content (AvgIpc) is 3.03. The molecule has 4 rings (SSSR count). The van der Waals surface area contributed by atoms with E-state index in [4.69, 9.17) is 18.9 Å². The SMILES string of the molecule is COc1ccc(S(=O)(=O)N2CCN(c3cc(S(=O)(=O)N(C)CCc4ccc(OC)c(OC)c4)ccc3OC)CC2)cc1.